The van der Waals surface area contributed by atoms with Gasteiger partial charge < -0.3 is 10.2 Å². The van der Waals surface area contributed by atoms with E-state index in [9.17, 15) is 4.79 Å². The Morgan fingerprint density at radius 2 is 2.37 bits per heavy atom. The summed E-state index contributed by atoms with van der Waals surface area (Å²) in [5.74, 6) is 0.121. The average molecular weight is 261 g/mol. The maximum absolute atomic E-state index is 12.6. The van der Waals surface area contributed by atoms with Gasteiger partial charge in [-0.15, -0.1) is 0 Å². The third-order valence-corrected chi connectivity index (χ3v) is 3.73. The SMILES string of the molecule is CCCNc1ccncc1C(=O)N1CCCC1CC. The lowest BCUT2D eigenvalue weighted by atomic mass is 10.1. The van der Waals surface area contributed by atoms with Gasteiger partial charge in [-0.2, -0.15) is 0 Å². The molecule has 1 unspecified atom stereocenters. The standard InChI is InChI=1S/C15H23N3O/c1-3-8-17-14-7-9-16-11-13(14)15(19)18-10-5-6-12(18)4-2/h7,9,11-12H,3-6,8,10H2,1-2H3,(H,16,17). The predicted molar refractivity (Wildman–Crippen MR) is 77.4 cm³/mol. The second-order valence-corrected chi connectivity index (χ2v) is 5.05. The van der Waals surface area contributed by atoms with E-state index in [4.69, 9.17) is 0 Å². The third-order valence-electron chi connectivity index (χ3n) is 3.73. The summed E-state index contributed by atoms with van der Waals surface area (Å²) < 4.78 is 0. The van der Waals surface area contributed by atoms with Crippen molar-refractivity contribution in [1.82, 2.24) is 9.88 Å². The molecule has 2 rings (SSSR count). The Bertz CT molecular complexity index is 433. The van der Waals surface area contributed by atoms with E-state index in [0.717, 1.165) is 44.5 Å². The molecule has 1 fully saturated rings. The molecular formula is C15H23N3O. The fraction of sp³-hybridized carbons (Fsp3) is 0.600. The first-order valence-corrected chi connectivity index (χ1v) is 7.26. The van der Waals surface area contributed by atoms with E-state index in [0.29, 0.717) is 11.6 Å². The van der Waals surface area contributed by atoms with E-state index in [2.05, 4.69) is 24.1 Å². The zero-order valence-electron chi connectivity index (χ0n) is 11.9. The van der Waals surface area contributed by atoms with Crippen LogP contribution in [0.4, 0.5) is 5.69 Å². The van der Waals surface area contributed by atoms with E-state index < -0.39 is 0 Å². The van der Waals surface area contributed by atoms with E-state index in [1.165, 1.54) is 0 Å². The number of nitrogens with one attached hydrogen (secondary N) is 1. The van der Waals surface area contributed by atoms with Crippen molar-refractivity contribution in [1.29, 1.82) is 0 Å². The van der Waals surface area contributed by atoms with Gasteiger partial charge >= 0.3 is 0 Å². The molecule has 1 aliphatic rings. The molecule has 0 radical (unpaired) electrons. The number of hydrogen-bond acceptors (Lipinski definition) is 3. The molecule has 0 spiro atoms. The summed E-state index contributed by atoms with van der Waals surface area (Å²) in [6.07, 6.45) is 7.73. The fourth-order valence-corrected chi connectivity index (χ4v) is 2.66. The smallest absolute Gasteiger partial charge is 0.257 e. The second kappa shape index (κ2) is 6.55. The molecule has 1 atom stereocenters. The molecule has 1 amide bonds. The van der Waals surface area contributed by atoms with Crippen LogP contribution in [0.3, 0.4) is 0 Å². The van der Waals surface area contributed by atoms with E-state index in [1.807, 2.05) is 11.0 Å². The Hall–Kier alpha value is -1.58. The van der Waals surface area contributed by atoms with Gasteiger partial charge in [0.2, 0.25) is 0 Å². The number of aromatic nitrogens is 1. The van der Waals surface area contributed by atoms with Crippen LogP contribution in [0.1, 0.15) is 49.9 Å². The number of amides is 1. The minimum atomic E-state index is 0.121. The normalized spacial score (nSPS) is 18.6. The Morgan fingerprint density at radius 3 is 3.11 bits per heavy atom. The van der Waals surface area contributed by atoms with Gasteiger partial charge in [-0.25, -0.2) is 0 Å². The molecule has 2 heterocycles. The lowest BCUT2D eigenvalue weighted by Crippen LogP contribution is -2.35. The van der Waals surface area contributed by atoms with E-state index in [1.54, 1.807) is 12.4 Å². The van der Waals surface area contributed by atoms with Crippen LogP contribution in [0.15, 0.2) is 18.5 Å². The highest BCUT2D eigenvalue weighted by molar-refractivity contribution is 5.99. The molecule has 1 N–H and O–H groups in total. The lowest BCUT2D eigenvalue weighted by molar-refractivity contribution is 0.0734. The van der Waals surface area contributed by atoms with Crippen molar-refractivity contribution in [2.24, 2.45) is 0 Å². The maximum Gasteiger partial charge on any atom is 0.257 e. The molecule has 1 aliphatic heterocycles. The van der Waals surface area contributed by atoms with Crippen LogP contribution in [0.2, 0.25) is 0 Å². The summed E-state index contributed by atoms with van der Waals surface area (Å²) in [5.41, 5.74) is 1.61. The van der Waals surface area contributed by atoms with Gasteiger partial charge in [0, 0.05) is 31.5 Å². The highest BCUT2D eigenvalue weighted by Gasteiger charge is 2.29. The summed E-state index contributed by atoms with van der Waals surface area (Å²) in [6.45, 7) is 6.01. The van der Waals surface area contributed by atoms with Crippen LogP contribution in [-0.2, 0) is 0 Å². The van der Waals surface area contributed by atoms with Gasteiger partial charge in [0.25, 0.3) is 5.91 Å². The minimum Gasteiger partial charge on any atom is -0.384 e. The Kier molecular flexibility index (Phi) is 4.77. The van der Waals surface area contributed by atoms with Crippen LogP contribution in [0, 0.1) is 0 Å². The van der Waals surface area contributed by atoms with Crippen molar-refractivity contribution >= 4 is 11.6 Å². The molecule has 1 aromatic rings. The molecule has 104 valence electrons. The molecule has 1 saturated heterocycles. The zero-order chi connectivity index (χ0) is 13.7. The van der Waals surface area contributed by atoms with Gasteiger partial charge in [0.15, 0.2) is 0 Å². The number of carbonyl (C=O) groups excluding carboxylic acids is 1. The van der Waals surface area contributed by atoms with Crippen LogP contribution >= 0.6 is 0 Å². The Balaban J connectivity index is 2.18. The minimum absolute atomic E-state index is 0.121. The van der Waals surface area contributed by atoms with E-state index >= 15 is 0 Å². The number of pyridine rings is 1. The van der Waals surface area contributed by atoms with Crippen molar-refractivity contribution in [2.75, 3.05) is 18.4 Å². The second-order valence-electron chi connectivity index (χ2n) is 5.05. The van der Waals surface area contributed by atoms with Gasteiger partial charge in [0.1, 0.15) is 0 Å². The summed E-state index contributed by atoms with van der Waals surface area (Å²) in [6, 6.07) is 2.28. The molecule has 0 aliphatic carbocycles. The van der Waals surface area contributed by atoms with Crippen LogP contribution in [0.5, 0.6) is 0 Å². The number of rotatable bonds is 5. The highest BCUT2D eigenvalue weighted by Crippen LogP contribution is 2.24. The molecule has 1 aromatic heterocycles. The Morgan fingerprint density at radius 1 is 1.53 bits per heavy atom. The number of carbonyl (C=O) groups is 1. The first-order chi connectivity index (χ1) is 9.27. The quantitative estimate of drug-likeness (QED) is 0.886. The monoisotopic (exact) mass is 261 g/mol. The summed E-state index contributed by atoms with van der Waals surface area (Å²) in [7, 11) is 0. The van der Waals surface area contributed by atoms with Crippen molar-refractivity contribution < 1.29 is 4.79 Å². The highest BCUT2D eigenvalue weighted by atomic mass is 16.2. The van der Waals surface area contributed by atoms with Crippen molar-refractivity contribution in [3.05, 3.63) is 24.0 Å². The van der Waals surface area contributed by atoms with E-state index in [-0.39, 0.29) is 5.91 Å². The largest absolute Gasteiger partial charge is 0.384 e. The van der Waals surface area contributed by atoms with Gasteiger partial charge in [-0.1, -0.05) is 13.8 Å². The number of nitrogens with zero attached hydrogens (tertiary/aromatic N) is 2. The fourth-order valence-electron chi connectivity index (χ4n) is 2.66. The molecule has 4 nitrogen and oxygen atoms in total. The third kappa shape index (κ3) is 3.06. The summed E-state index contributed by atoms with van der Waals surface area (Å²) in [5, 5.41) is 3.31. The molecule has 0 aromatic carbocycles. The molecule has 4 heteroatoms. The average Bonchev–Trinajstić information content (AvgIpc) is 2.93. The van der Waals surface area contributed by atoms with Gasteiger partial charge in [0.05, 0.1) is 11.3 Å². The van der Waals surface area contributed by atoms with Gasteiger partial charge in [-0.05, 0) is 31.7 Å². The summed E-state index contributed by atoms with van der Waals surface area (Å²) >= 11 is 0. The number of anilines is 1. The Labute approximate surface area is 115 Å². The molecule has 19 heavy (non-hydrogen) atoms. The van der Waals surface area contributed by atoms with Gasteiger partial charge in [-0.3, -0.25) is 9.78 Å². The van der Waals surface area contributed by atoms with Crippen LogP contribution in [0.25, 0.3) is 0 Å². The first-order valence-electron chi connectivity index (χ1n) is 7.26. The van der Waals surface area contributed by atoms with Crippen LogP contribution < -0.4 is 5.32 Å². The maximum atomic E-state index is 12.6. The van der Waals surface area contributed by atoms with Crippen LogP contribution in [-0.4, -0.2) is 34.9 Å². The zero-order valence-corrected chi connectivity index (χ0v) is 11.9. The van der Waals surface area contributed by atoms with Crippen molar-refractivity contribution in [2.45, 2.75) is 45.6 Å². The number of likely N-dealkylation sites (tertiary alicyclic amines) is 1. The lowest BCUT2D eigenvalue weighted by Gasteiger charge is -2.24. The molecule has 0 saturated carbocycles. The first kappa shape index (κ1) is 13.8. The van der Waals surface area contributed by atoms with Crippen molar-refractivity contribution in [3.63, 3.8) is 0 Å². The number of hydrogen-bond donors (Lipinski definition) is 1. The predicted octanol–water partition coefficient (Wildman–Crippen LogP) is 2.92. The summed E-state index contributed by atoms with van der Waals surface area (Å²) in [4.78, 5) is 18.8. The van der Waals surface area contributed by atoms with Crippen molar-refractivity contribution in [3.8, 4) is 0 Å². The molecule has 0 bridgehead atoms. The topological polar surface area (TPSA) is 45.2 Å². The molecular weight excluding hydrogens is 238 g/mol.